The fourth-order valence-corrected chi connectivity index (χ4v) is 9.19. The summed E-state index contributed by atoms with van der Waals surface area (Å²) >= 11 is 0. The van der Waals surface area contributed by atoms with E-state index in [2.05, 4.69) is 107 Å². The van der Waals surface area contributed by atoms with Crippen molar-refractivity contribution in [3.63, 3.8) is 0 Å². The summed E-state index contributed by atoms with van der Waals surface area (Å²) in [6, 6.07) is 11.0. The highest BCUT2D eigenvalue weighted by Gasteiger charge is 2.45. The fraction of sp³-hybridized carbons (Fsp3) is 0.762. The molecular weight excluding hydrogens is 935 g/mol. The van der Waals surface area contributed by atoms with Crippen LogP contribution in [-0.2, 0) is 42.8 Å². The number of benzene rings is 1. The summed E-state index contributed by atoms with van der Waals surface area (Å²) in [5.41, 5.74) is 2.67. The van der Waals surface area contributed by atoms with Gasteiger partial charge in [-0.3, -0.25) is 22.8 Å². The highest BCUT2D eigenvalue weighted by atomic mass is 31.3. The average Bonchev–Trinajstić information content (AvgIpc) is 3.57. The molecule has 25 heteroatoms. The van der Waals surface area contributed by atoms with E-state index in [9.17, 15) is 48.3 Å². The van der Waals surface area contributed by atoms with Crippen LogP contribution in [-0.4, -0.2) is 130 Å². The molecule has 2 aromatic rings. The first-order valence-electron chi connectivity index (χ1n) is 23.6. The maximum Gasteiger partial charge on any atom is 0.351 e. The van der Waals surface area contributed by atoms with Gasteiger partial charge in [0.1, 0.15) is 18.3 Å². The van der Waals surface area contributed by atoms with E-state index in [0.717, 1.165) is 22.7 Å². The Kier molecular flexibility index (Phi) is 37.8. The Morgan fingerprint density at radius 2 is 1.09 bits per heavy atom. The van der Waals surface area contributed by atoms with Crippen molar-refractivity contribution < 1.29 is 85.8 Å². The largest absolute Gasteiger partial charge is 0.790 e. The van der Waals surface area contributed by atoms with Crippen LogP contribution in [0.2, 0.25) is 0 Å². The average molecular weight is 1020 g/mol. The summed E-state index contributed by atoms with van der Waals surface area (Å²) in [4.78, 5) is 71.8. The molecular formula is C42H86N7O15P3. The number of aromatic nitrogens is 2. The van der Waals surface area contributed by atoms with E-state index >= 15 is 0 Å². The summed E-state index contributed by atoms with van der Waals surface area (Å²) in [5, 5.41) is 20.4. The second-order valence-electron chi connectivity index (χ2n) is 15.1. The first-order valence-corrected chi connectivity index (χ1v) is 28.0. The zero-order chi connectivity index (χ0) is 51.6. The molecule has 0 aliphatic carbocycles. The second-order valence-corrected chi connectivity index (χ2v) is 19.4. The van der Waals surface area contributed by atoms with Gasteiger partial charge in [-0.1, -0.05) is 30.3 Å². The lowest BCUT2D eigenvalue weighted by atomic mass is 10.1. The SMILES string of the molecule is CC[NH+](CC)CC.CC[NH+](CC)CC.CC[NH+](CC)CC.CC[NH+](CC)CC.O=c1nc(NOCCCc2ccccc2)ccn1C1OC(COP(=O)([O-])OP(=O)([O-])OP(=O)([O-])[O-])C(O)C1O. The molecule has 6 atom stereocenters. The number of nitrogens with zero attached hydrogens (tertiary/aromatic N) is 2. The van der Waals surface area contributed by atoms with E-state index in [1.807, 2.05) is 30.3 Å². The molecule has 0 spiro atoms. The predicted octanol–water partition coefficient (Wildman–Crippen LogP) is -2.62. The summed E-state index contributed by atoms with van der Waals surface area (Å²) in [5.74, 6) is 0.0262. The first kappa shape index (κ1) is 67.1. The van der Waals surface area contributed by atoms with Gasteiger partial charge in [0, 0.05) is 6.20 Å². The van der Waals surface area contributed by atoms with E-state index in [-0.39, 0.29) is 5.82 Å². The molecule has 0 bridgehead atoms. The maximum atomic E-state index is 12.4. The molecule has 1 saturated heterocycles. The molecule has 22 nitrogen and oxygen atoms in total. The number of phosphoric acid groups is 3. The molecule has 1 fully saturated rings. The molecule has 1 aliphatic heterocycles. The van der Waals surface area contributed by atoms with Gasteiger partial charge in [0.15, 0.2) is 12.0 Å². The summed E-state index contributed by atoms with van der Waals surface area (Å²) in [6.07, 6.45) is -4.26. The van der Waals surface area contributed by atoms with Crippen molar-refractivity contribution in [2.24, 2.45) is 0 Å². The number of ether oxygens (including phenoxy) is 1. The number of nitrogens with one attached hydrogen (secondary N) is 5. The molecule has 0 radical (unpaired) electrons. The van der Waals surface area contributed by atoms with Crippen LogP contribution in [0.25, 0.3) is 0 Å². The number of aliphatic hydroxyl groups is 2. The predicted molar refractivity (Wildman–Crippen MR) is 250 cm³/mol. The number of hydrogen-bond acceptors (Lipinski definition) is 17. The summed E-state index contributed by atoms with van der Waals surface area (Å²) in [7, 11) is -18.2. The van der Waals surface area contributed by atoms with Crippen LogP contribution >= 0.6 is 23.5 Å². The Labute approximate surface area is 400 Å². The quantitative estimate of drug-likeness (QED) is 0.0288. The lowest BCUT2D eigenvalue weighted by Gasteiger charge is -2.37. The Bertz CT molecular complexity index is 1650. The third-order valence-corrected chi connectivity index (χ3v) is 14.6. The first-order chi connectivity index (χ1) is 31.5. The van der Waals surface area contributed by atoms with Gasteiger partial charge in [-0.05, 0) is 108 Å². The number of anilines is 1. The van der Waals surface area contributed by atoms with Gasteiger partial charge in [0.2, 0.25) is 0 Å². The third-order valence-electron chi connectivity index (χ3n) is 11.0. The van der Waals surface area contributed by atoms with Crippen molar-refractivity contribution in [3.8, 4) is 0 Å². The van der Waals surface area contributed by atoms with Crippen molar-refractivity contribution in [1.82, 2.24) is 9.55 Å². The van der Waals surface area contributed by atoms with Gasteiger partial charge in [-0.2, -0.15) is 4.98 Å². The molecule has 1 aromatic heterocycles. The number of hydrogen-bond donors (Lipinski definition) is 7. The number of rotatable bonds is 26. The van der Waals surface area contributed by atoms with Crippen molar-refractivity contribution in [2.75, 3.05) is 97.2 Å². The molecule has 1 aliphatic rings. The van der Waals surface area contributed by atoms with Gasteiger partial charge in [-0.15, -0.1) is 0 Å². The zero-order valence-corrected chi connectivity index (χ0v) is 44.8. The van der Waals surface area contributed by atoms with E-state index < -0.39 is 60.3 Å². The van der Waals surface area contributed by atoms with Crippen molar-refractivity contribution in [3.05, 3.63) is 58.6 Å². The lowest BCUT2D eigenvalue weighted by molar-refractivity contribution is -0.894. The number of aliphatic hydroxyl groups excluding tert-OH is 2. The minimum Gasteiger partial charge on any atom is -0.790 e. The molecule has 67 heavy (non-hydrogen) atoms. The fourth-order valence-electron chi connectivity index (χ4n) is 6.33. The number of aryl methyl sites for hydroxylation is 1. The van der Waals surface area contributed by atoms with Crippen molar-refractivity contribution >= 4 is 29.3 Å². The molecule has 3 rings (SSSR count). The second kappa shape index (κ2) is 37.8. The van der Waals surface area contributed by atoms with Crippen LogP contribution in [0.1, 0.15) is 101 Å². The van der Waals surface area contributed by atoms with Gasteiger partial charge < -0.3 is 63.2 Å². The Morgan fingerprint density at radius 1 is 0.657 bits per heavy atom. The van der Waals surface area contributed by atoms with Crippen molar-refractivity contribution in [2.45, 2.75) is 120 Å². The monoisotopic (exact) mass is 1020 g/mol. The zero-order valence-electron chi connectivity index (χ0n) is 42.1. The van der Waals surface area contributed by atoms with Crippen LogP contribution in [0.15, 0.2) is 47.4 Å². The molecule has 2 heterocycles. The molecule has 1 aromatic carbocycles. The molecule has 0 saturated carbocycles. The minimum absolute atomic E-state index is 0.0262. The molecule has 394 valence electrons. The van der Waals surface area contributed by atoms with E-state index in [0.29, 0.717) is 13.0 Å². The standard InChI is InChI=1S/C18H26N3O15P3.4C6H15N/c22-15-13(11-33-38(28,29)36-39(30,31)35-37(25,26)27)34-17(16(15)23)21-9-8-14(19-18(21)24)20-32-10-4-7-12-5-2-1-3-6-12;4*1-4-7(5-2)6-3/h1-3,5-6,8-9,13,15-17,22-23H,4,7,10-11H2,(H,28,29)(H,30,31)(H,19,20,24)(H2,25,26,27);4*4-6H2,1-3H3. The summed E-state index contributed by atoms with van der Waals surface area (Å²) in [6.45, 7) is 41.1. The smallest absolute Gasteiger partial charge is 0.351 e. The lowest BCUT2D eigenvalue weighted by Crippen LogP contribution is -3.11. The van der Waals surface area contributed by atoms with Crippen LogP contribution in [0.4, 0.5) is 5.82 Å². The molecule has 7 N–H and O–H groups in total. The van der Waals surface area contributed by atoms with Gasteiger partial charge >= 0.3 is 5.69 Å². The molecule has 6 unspecified atom stereocenters. The number of phosphoric ester groups is 1. The van der Waals surface area contributed by atoms with Crippen LogP contribution < -0.4 is 50.3 Å². The number of quaternary nitrogens is 4. The van der Waals surface area contributed by atoms with Crippen LogP contribution in [0, 0.1) is 0 Å². The van der Waals surface area contributed by atoms with E-state index in [1.165, 1.54) is 84.6 Å². The highest BCUT2D eigenvalue weighted by Crippen LogP contribution is 2.60. The van der Waals surface area contributed by atoms with E-state index in [1.54, 1.807) is 19.6 Å². The normalized spacial score (nSPS) is 18.7. The maximum absolute atomic E-state index is 12.4. The highest BCUT2D eigenvalue weighted by molar-refractivity contribution is 7.64. The molecule has 0 amide bonds. The van der Waals surface area contributed by atoms with Gasteiger partial charge in [0.25, 0.3) is 15.6 Å². The van der Waals surface area contributed by atoms with Gasteiger partial charge in [0.05, 0.1) is 99.6 Å². The minimum atomic E-state index is -6.18. The van der Waals surface area contributed by atoms with Gasteiger partial charge in [-0.25, -0.2) is 14.6 Å². The topological polar surface area (TPSA) is 295 Å². The third kappa shape index (κ3) is 31.1. The van der Waals surface area contributed by atoms with Crippen LogP contribution in [0.5, 0.6) is 0 Å². The van der Waals surface area contributed by atoms with E-state index in [4.69, 9.17) is 9.57 Å². The Balaban J connectivity index is 0. The Hall–Kier alpha value is -2.01. The Morgan fingerprint density at radius 3 is 1.46 bits per heavy atom. The van der Waals surface area contributed by atoms with Crippen LogP contribution in [0.3, 0.4) is 0 Å². The van der Waals surface area contributed by atoms with Crippen molar-refractivity contribution in [1.29, 1.82) is 0 Å². The summed E-state index contributed by atoms with van der Waals surface area (Å²) < 4.78 is 50.0.